The SMILES string of the molecule is CC(C)CCCCCCCCCCCCCC(=O)OC[C@H](COC(=O)CCCCCCCCC(C)C)OC(=O)CCCCCCCCCCC(C)C. The van der Waals surface area contributed by atoms with Crippen molar-refractivity contribution in [3.63, 3.8) is 0 Å². The number of hydrogen-bond acceptors (Lipinski definition) is 6. The van der Waals surface area contributed by atoms with Crippen molar-refractivity contribution in [2.24, 2.45) is 17.8 Å². The lowest BCUT2D eigenvalue weighted by atomic mass is 10.0. The molecule has 0 bridgehead atoms. The van der Waals surface area contributed by atoms with E-state index in [0.29, 0.717) is 19.3 Å². The molecular weight excluding hydrogens is 648 g/mol. The monoisotopic (exact) mass is 737 g/mol. The predicted molar refractivity (Wildman–Crippen MR) is 219 cm³/mol. The molecule has 0 amide bonds. The summed E-state index contributed by atoms with van der Waals surface area (Å²) in [5.41, 5.74) is 0. The van der Waals surface area contributed by atoms with Gasteiger partial charge in [-0.1, -0.05) is 202 Å². The van der Waals surface area contributed by atoms with E-state index in [1.165, 1.54) is 122 Å². The average molecular weight is 737 g/mol. The summed E-state index contributed by atoms with van der Waals surface area (Å²) in [5.74, 6) is 1.52. The lowest BCUT2D eigenvalue weighted by Crippen LogP contribution is -2.30. The van der Waals surface area contributed by atoms with Crippen molar-refractivity contribution in [2.45, 2.75) is 247 Å². The summed E-state index contributed by atoms with van der Waals surface area (Å²) in [6, 6.07) is 0. The Labute approximate surface area is 323 Å². The first kappa shape index (κ1) is 50.4. The van der Waals surface area contributed by atoms with Gasteiger partial charge in [0, 0.05) is 19.3 Å². The van der Waals surface area contributed by atoms with Gasteiger partial charge in [0.1, 0.15) is 13.2 Å². The van der Waals surface area contributed by atoms with Crippen LogP contribution in [0.2, 0.25) is 0 Å². The summed E-state index contributed by atoms with van der Waals surface area (Å²) in [6.07, 6.45) is 33.9. The van der Waals surface area contributed by atoms with E-state index in [1.807, 2.05) is 0 Å². The molecule has 0 fully saturated rings. The van der Waals surface area contributed by atoms with E-state index in [-0.39, 0.29) is 31.1 Å². The Morgan fingerprint density at radius 3 is 0.827 bits per heavy atom. The fourth-order valence-corrected chi connectivity index (χ4v) is 6.70. The molecule has 52 heavy (non-hydrogen) atoms. The second-order valence-electron chi connectivity index (χ2n) is 17.1. The molecule has 0 aromatic carbocycles. The number of hydrogen-bond donors (Lipinski definition) is 0. The number of esters is 3. The molecule has 1 atom stereocenters. The molecule has 308 valence electrons. The zero-order valence-electron chi connectivity index (χ0n) is 35.6. The average Bonchev–Trinajstić information content (AvgIpc) is 3.09. The molecule has 0 aromatic rings. The summed E-state index contributed by atoms with van der Waals surface area (Å²) in [4.78, 5) is 37.6. The van der Waals surface area contributed by atoms with Gasteiger partial charge < -0.3 is 14.2 Å². The third kappa shape index (κ3) is 39.6. The molecule has 0 aromatic heterocycles. The lowest BCUT2D eigenvalue weighted by Gasteiger charge is -2.18. The molecule has 0 aliphatic rings. The van der Waals surface area contributed by atoms with E-state index in [1.54, 1.807) is 0 Å². The van der Waals surface area contributed by atoms with Gasteiger partial charge in [0.15, 0.2) is 6.10 Å². The maximum atomic E-state index is 12.7. The minimum Gasteiger partial charge on any atom is -0.462 e. The highest BCUT2D eigenvalue weighted by Gasteiger charge is 2.19. The van der Waals surface area contributed by atoms with Crippen LogP contribution in [0.4, 0.5) is 0 Å². The largest absolute Gasteiger partial charge is 0.462 e. The molecule has 0 aliphatic carbocycles. The third-order valence-corrected chi connectivity index (χ3v) is 10.1. The maximum Gasteiger partial charge on any atom is 0.306 e. The summed E-state index contributed by atoms with van der Waals surface area (Å²) in [6.45, 7) is 13.6. The Morgan fingerprint density at radius 2 is 0.558 bits per heavy atom. The highest BCUT2D eigenvalue weighted by molar-refractivity contribution is 5.71. The zero-order chi connectivity index (χ0) is 38.5. The normalized spacial score (nSPS) is 12.2. The summed E-state index contributed by atoms with van der Waals surface area (Å²) in [7, 11) is 0. The molecule has 0 spiro atoms. The van der Waals surface area contributed by atoms with Crippen LogP contribution < -0.4 is 0 Å². The van der Waals surface area contributed by atoms with Gasteiger partial charge >= 0.3 is 17.9 Å². The Balaban J connectivity index is 4.32. The molecule has 0 N–H and O–H groups in total. The zero-order valence-corrected chi connectivity index (χ0v) is 35.6. The van der Waals surface area contributed by atoms with Crippen LogP contribution in [0.15, 0.2) is 0 Å². The van der Waals surface area contributed by atoms with Gasteiger partial charge in [-0.15, -0.1) is 0 Å². The Bertz CT molecular complexity index is 807. The van der Waals surface area contributed by atoms with Gasteiger partial charge in [-0.25, -0.2) is 0 Å². The number of ether oxygens (including phenoxy) is 3. The van der Waals surface area contributed by atoms with Crippen LogP contribution in [0.3, 0.4) is 0 Å². The maximum absolute atomic E-state index is 12.7. The van der Waals surface area contributed by atoms with Crippen LogP contribution >= 0.6 is 0 Å². The predicted octanol–water partition coefficient (Wildman–Crippen LogP) is 14.0. The smallest absolute Gasteiger partial charge is 0.306 e. The Hall–Kier alpha value is -1.59. The molecule has 0 saturated heterocycles. The first-order valence-corrected chi connectivity index (χ1v) is 22.6. The number of rotatable bonds is 39. The molecule has 6 nitrogen and oxygen atoms in total. The number of carbonyl (C=O) groups excluding carboxylic acids is 3. The summed E-state index contributed by atoms with van der Waals surface area (Å²) < 4.78 is 16.7. The molecular formula is C46H88O6. The van der Waals surface area contributed by atoms with E-state index in [4.69, 9.17) is 14.2 Å². The molecule has 0 unspecified atom stereocenters. The highest BCUT2D eigenvalue weighted by Crippen LogP contribution is 2.16. The second-order valence-corrected chi connectivity index (χ2v) is 17.1. The minimum atomic E-state index is -0.762. The Kier molecular flexibility index (Phi) is 36.6. The second kappa shape index (κ2) is 37.7. The van der Waals surface area contributed by atoms with Crippen molar-refractivity contribution in [2.75, 3.05) is 13.2 Å². The van der Waals surface area contributed by atoms with Gasteiger partial charge in [0.2, 0.25) is 0 Å². The van der Waals surface area contributed by atoms with Gasteiger partial charge in [0.25, 0.3) is 0 Å². The topological polar surface area (TPSA) is 78.9 Å². The van der Waals surface area contributed by atoms with Crippen LogP contribution in [0, 0.1) is 17.8 Å². The van der Waals surface area contributed by atoms with Crippen LogP contribution in [-0.2, 0) is 28.6 Å². The fraction of sp³-hybridized carbons (Fsp3) is 0.935. The van der Waals surface area contributed by atoms with Gasteiger partial charge in [0.05, 0.1) is 0 Å². The van der Waals surface area contributed by atoms with Crippen LogP contribution in [0.25, 0.3) is 0 Å². The molecule has 0 saturated carbocycles. The van der Waals surface area contributed by atoms with Crippen molar-refractivity contribution in [1.82, 2.24) is 0 Å². The molecule has 0 heterocycles. The first-order valence-electron chi connectivity index (χ1n) is 22.6. The van der Waals surface area contributed by atoms with Gasteiger partial charge in [-0.05, 0) is 37.0 Å². The molecule has 0 aliphatic heterocycles. The van der Waals surface area contributed by atoms with Crippen LogP contribution in [-0.4, -0.2) is 37.2 Å². The van der Waals surface area contributed by atoms with E-state index in [2.05, 4.69) is 41.5 Å². The summed E-state index contributed by atoms with van der Waals surface area (Å²) >= 11 is 0. The van der Waals surface area contributed by atoms with Crippen molar-refractivity contribution in [3.8, 4) is 0 Å². The van der Waals surface area contributed by atoms with E-state index in [9.17, 15) is 14.4 Å². The van der Waals surface area contributed by atoms with Crippen molar-refractivity contribution >= 4 is 17.9 Å². The third-order valence-electron chi connectivity index (χ3n) is 10.1. The standard InChI is InChI=1S/C46H88O6/c1-40(2)32-26-20-14-10-8-7-9-11-16-23-29-35-44(47)50-38-43(39-51-45(48)36-30-24-19-18-22-28-34-42(5)6)52-46(49)37-31-25-17-13-12-15-21-27-33-41(3)4/h40-43H,7-39H2,1-6H3/t43-/m1/s1. The first-order chi connectivity index (χ1) is 25.1. The van der Waals surface area contributed by atoms with Crippen LogP contribution in [0.1, 0.15) is 241 Å². The van der Waals surface area contributed by atoms with Crippen LogP contribution in [0.5, 0.6) is 0 Å². The van der Waals surface area contributed by atoms with Crippen molar-refractivity contribution in [3.05, 3.63) is 0 Å². The minimum absolute atomic E-state index is 0.0670. The van der Waals surface area contributed by atoms with E-state index >= 15 is 0 Å². The van der Waals surface area contributed by atoms with Gasteiger partial charge in [-0.3, -0.25) is 14.4 Å². The van der Waals surface area contributed by atoms with Crippen molar-refractivity contribution in [1.29, 1.82) is 0 Å². The molecule has 0 radical (unpaired) electrons. The lowest BCUT2D eigenvalue weighted by molar-refractivity contribution is -0.167. The fourth-order valence-electron chi connectivity index (χ4n) is 6.70. The van der Waals surface area contributed by atoms with E-state index in [0.717, 1.165) is 75.5 Å². The molecule has 6 heteroatoms. The highest BCUT2D eigenvalue weighted by atomic mass is 16.6. The van der Waals surface area contributed by atoms with Crippen molar-refractivity contribution < 1.29 is 28.6 Å². The molecule has 0 rings (SSSR count). The summed E-state index contributed by atoms with van der Waals surface area (Å²) in [5, 5.41) is 0. The number of carbonyl (C=O) groups is 3. The Morgan fingerprint density at radius 1 is 0.327 bits per heavy atom. The van der Waals surface area contributed by atoms with Gasteiger partial charge in [-0.2, -0.15) is 0 Å². The quantitative estimate of drug-likeness (QED) is 0.0355. The van der Waals surface area contributed by atoms with E-state index < -0.39 is 6.10 Å². The number of unbranched alkanes of at least 4 members (excludes halogenated alkanes) is 22.